The molecule has 0 saturated heterocycles. The van der Waals surface area contributed by atoms with E-state index in [2.05, 4.69) is 19.9 Å². The van der Waals surface area contributed by atoms with Crippen molar-refractivity contribution in [2.75, 3.05) is 7.11 Å². The third-order valence-electron chi connectivity index (χ3n) is 4.60. The number of ether oxygens (including phenoxy) is 1. The van der Waals surface area contributed by atoms with Gasteiger partial charge in [-0.15, -0.1) is 0 Å². The van der Waals surface area contributed by atoms with Crippen LogP contribution in [-0.2, 0) is 6.18 Å². The number of alkyl halides is 3. The number of hydrogen-bond acceptors (Lipinski definition) is 1. The van der Waals surface area contributed by atoms with E-state index in [1.165, 1.54) is 18.7 Å². The molecule has 0 spiro atoms. The van der Waals surface area contributed by atoms with E-state index < -0.39 is 11.7 Å². The molecule has 0 aliphatic rings. The van der Waals surface area contributed by atoms with Crippen LogP contribution in [0.3, 0.4) is 0 Å². The second kappa shape index (κ2) is 7.98. The summed E-state index contributed by atoms with van der Waals surface area (Å²) in [5.41, 5.74) is 2.22. The number of hydrogen-bond donors (Lipinski definition) is 0. The van der Waals surface area contributed by atoms with Gasteiger partial charge < -0.3 is 4.74 Å². The van der Waals surface area contributed by atoms with Gasteiger partial charge >= 0.3 is 6.18 Å². The lowest BCUT2D eigenvalue weighted by Crippen LogP contribution is -2.30. The average molecular weight is 362 g/mol. The summed E-state index contributed by atoms with van der Waals surface area (Å²) in [5, 5.41) is 2.17. The van der Waals surface area contributed by atoms with E-state index in [0.717, 1.165) is 34.6 Å². The maximum atomic E-state index is 13.1. The van der Waals surface area contributed by atoms with Crippen molar-refractivity contribution in [1.82, 2.24) is 0 Å². The molecule has 0 heterocycles. The highest BCUT2D eigenvalue weighted by Crippen LogP contribution is 2.36. The third kappa shape index (κ3) is 4.12. The highest BCUT2D eigenvalue weighted by Gasteiger charge is 2.31. The minimum Gasteiger partial charge on any atom is -0.496 e. The van der Waals surface area contributed by atoms with Gasteiger partial charge in [0, 0.05) is 5.56 Å². The van der Waals surface area contributed by atoms with Crippen LogP contribution < -0.4 is 15.2 Å². The zero-order valence-corrected chi connectivity index (χ0v) is 15.9. The molecule has 0 aromatic heterocycles. The van der Waals surface area contributed by atoms with E-state index >= 15 is 0 Å². The van der Waals surface area contributed by atoms with E-state index in [4.69, 9.17) is 4.74 Å². The van der Waals surface area contributed by atoms with Gasteiger partial charge in [-0.3, -0.25) is 0 Å². The van der Waals surface area contributed by atoms with Gasteiger partial charge in [-0.25, -0.2) is 0 Å². The average Bonchev–Trinajstić information content (AvgIpc) is 2.60. The summed E-state index contributed by atoms with van der Waals surface area (Å²) >= 11 is 0. The summed E-state index contributed by atoms with van der Waals surface area (Å²) in [4.78, 5) is 0. The lowest BCUT2D eigenvalue weighted by atomic mass is 9.90. The molecule has 0 radical (unpaired) electrons. The molecule has 1 nitrogen and oxygen atoms in total. The van der Waals surface area contributed by atoms with Gasteiger partial charge in [0.1, 0.15) is 5.75 Å². The molecule has 0 aliphatic heterocycles. The topological polar surface area (TPSA) is 9.23 Å². The smallest absolute Gasteiger partial charge is 0.416 e. The van der Waals surface area contributed by atoms with Crippen LogP contribution in [0.2, 0.25) is 0 Å². The van der Waals surface area contributed by atoms with Gasteiger partial charge in [0.25, 0.3) is 0 Å². The first kappa shape index (κ1) is 20.1. The van der Waals surface area contributed by atoms with Crippen molar-refractivity contribution >= 4 is 11.1 Å². The zero-order valence-electron chi connectivity index (χ0n) is 15.9. The minimum absolute atomic E-state index is 0.117. The van der Waals surface area contributed by atoms with Gasteiger partial charge in [0.2, 0.25) is 0 Å². The third-order valence-corrected chi connectivity index (χ3v) is 4.60. The summed E-state index contributed by atoms with van der Waals surface area (Å²) in [6.45, 7) is 8.27. The molecule has 0 amide bonds. The standard InChI is InChI=1S/C22H25F3O/c1-6-15(4)17-9-7-8-10-18(17)21(14(2)3)19-12-11-16(22(23,24)25)13-20(19)26-5/h7-14H,6H2,1-5H3/b17-15-,21-18+. The molecular formula is C22H25F3O. The molecule has 2 aromatic carbocycles. The molecule has 0 N–H and O–H groups in total. The van der Waals surface area contributed by atoms with Crippen LogP contribution in [0.25, 0.3) is 11.1 Å². The lowest BCUT2D eigenvalue weighted by Gasteiger charge is -2.18. The molecular weight excluding hydrogens is 337 g/mol. The fraction of sp³-hybridized carbons (Fsp3) is 0.364. The summed E-state index contributed by atoms with van der Waals surface area (Å²) in [6.07, 6.45) is -3.49. The molecule has 0 aliphatic carbocycles. The maximum Gasteiger partial charge on any atom is 0.416 e. The molecule has 0 atom stereocenters. The summed E-state index contributed by atoms with van der Waals surface area (Å²) in [6, 6.07) is 11.8. The Labute approximate surface area is 152 Å². The highest BCUT2D eigenvalue weighted by atomic mass is 19.4. The molecule has 0 fully saturated rings. The van der Waals surface area contributed by atoms with Crippen molar-refractivity contribution in [3.05, 3.63) is 64.0 Å². The van der Waals surface area contributed by atoms with E-state index in [-0.39, 0.29) is 11.7 Å². The van der Waals surface area contributed by atoms with Crippen molar-refractivity contribution in [3.8, 4) is 5.75 Å². The summed E-state index contributed by atoms with van der Waals surface area (Å²) < 4.78 is 44.5. The predicted molar refractivity (Wildman–Crippen MR) is 100 cm³/mol. The van der Waals surface area contributed by atoms with E-state index in [1.807, 2.05) is 32.0 Å². The lowest BCUT2D eigenvalue weighted by molar-refractivity contribution is -0.137. The van der Waals surface area contributed by atoms with Crippen LogP contribution >= 0.6 is 0 Å². The van der Waals surface area contributed by atoms with E-state index in [1.54, 1.807) is 0 Å². The van der Waals surface area contributed by atoms with Crippen molar-refractivity contribution in [1.29, 1.82) is 0 Å². The summed E-state index contributed by atoms with van der Waals surface area (Å²) in [7, 11) is 1.41. The van der Waals surface area contributed by atoms with Crippen molar-refractivity contribution in [3.63, 3.8) is 0 Å². The Morgan fingerprint density at radius 3 is 2.15 bits per heavy atom. The van der Waals surface area contributed by atoms with Crippen LogP contribution in [0.1, 0.15) is 45.2 Å². The normalized spacial score (nSPS) is 14.3. The maximum absolute atomic E-state index is 13.1. The van der Waals surface area contributed by atoms with Gasteiger partial charge in [0.05, 0.1) is 12.7 Å². The summed E-state index contributed by atoms with van der Waals surface area (Å²) in [5.74, 6) is 0.360. The van der Waals surface area contributed by atoms with Crippen molar-refractivity contribution < 1.29 is 17.9 Å². The molecule has 2 rings (SSSR count). The fourth-order valence-electron chi connectivity index (χ4n) is 3.14. The molecule has 4 heteroatoms. The molecule has 0 bridgehead atoms. The Morgan fingerprint density at radius 1 is 1.04 bits per heavy atom. The van der Waals surface area contributed by atoms with E-state index in [9.17, 15) is 13.2 Å². The molecule has 2 aromatic rings. The van der Waals surface area contributed by atoms with Gasteiger partial charge in [-0.05, 0) is 47.4 Å². The quantitative estimate of drug-likeness (QED) is 0.731. The predicted octanol–water partition coefficient (Wildman–Crippen LogP) is 5.15. The van der Waals surface area contributed by atoms with Crippen LogP contribution in [-0.4, -0.2) is 7.11 Å². The van der Waals surface area contributed by atoms with Crippen molar-refractivity contribution in [2.24, 2.45) is 5.92 Å². The Morgan fingerprint density at radius 2 is 1.65 bits per heavy atom. The van der Waals surface area contributed by atoms with Crippen LogP contribution in [0, 0.1) is 5.92 Å². The Bertz CT molecular complexity index is 892. The minimum atomic E-state index is -4.39. The first-order valence-corrected chi connectivity index (χ1v) is 8.75. The second-order valence-electron chi connectivity index (χ2n) is 6.66. The van der Waals surface area contributed by atoms with Crippen LogP contribution in [0.4, 0.5) is 13.2 Å². The number of rotatable bonds is 4. The van der Waals surface area contributed by atoms with E-state index in [0.29, 0.717) is 5.56 Å². The van der Waals surface area contributed by atoms with Crippen molar-refractivity contribution in [2.45, 2.75) is 40.3 Å². The number of halogens is 3. The van der Waals surface area contributed by atoms with Gasteiger partial charge in [-0.1, -0.05) is 56.7 Å². The molecule has 0 saturated carbocycles. The second-order valence-corrected chi connectivity index (χ2v) is 6.66. The number of benzene rings is 2. The first-order valence-electron chi connectivity index (χ1n) is 8.75. The SMILES string of the molecule is CC/C(C)=c1/cccc/c1=C(\c1ccc(C(F)(F)F)cc1OC)C(C)C. The van der Waals surface area contributed by atoms with Crippen LogP contribution in [0.15, 0.2) is 42.5 Å². The molecule has 0 unspecified atom stereocenters. The Balaban J connectivity index is 2.92. The monoisotopic (exact) mass is 362 g/mol. The first-order chi connectivity index (χ1) is 12.2. The zero-order chi connectivity index (χ0) is 19.5. The van der Waals surface area contributed by atoms with Gasteiger partial charge in [-0.2, -0.15) is 13.2 Å². The molecule has 140 valence electrons. The fourth-order valence-corrected chi connectivity index (χ4v) is 3.14. The number of methoxy groups -OCH3 is 1. The molecule has 26 heavy (non-hydrogen) atoms. The largest absolute Gasteiger partial charge is 0.496 e. The highest BCUT2D eigenvalue weighted by molar-refractivity contribution is 5.72. The van der Waals surface area contributed by atoms with Gasteiger partial charge in [0.15, 0.2) is 0 Å². The Hall–Kier alpha value is -2.23. The van der Waals surface area contributed by atoms with Crippen LogP contribution in [0.5, 0.6) is 5.75 Å². The Kier molecular flexibility index (Phi) is 6.17.